The number of carbonyl (C=O) groups is 1. The molecule has 0 aromatic rings. The molecular weight excluding hydrogens is 393 g/mol. The van der Waals surface area contributed by atoms with Crippen LogP contribution in [0.3, 0.4) is 0 Å². The van der Waals surface area contributed by atoms with Gasteiger partial charge >= 0.3 is 12.1 Å². The highest BCUT2D eigenvalue weighted by Crippen LogP contribution is 2.44. The van der Waals surface area contributed by atoms with E-state index in [0.717, 1.165) is 0 Å². The van der Waals surface area contributed by atoms with Gasteiger partial charge in [0.05, 0.1) is 6.61 Å². The van der Waals surface area contributed by atoms with Crippen LogP contribution >= 0.6 is 0 Å². The summed E-state index contributed by atoms with van der Waals surface area (Å²) >= 11 is 0. The van der Waals surface area contributed by atoms with Crippen LogP contribution in [0.2, 0.25) is 0 Å². The normalized spacial score (nSPS) is 31.7. The predicted octanol–water partition coefficient (Wildman–Crippen LogP) is 3.58. The highest BCUT2D eigenvalue weighted by molar-refractivity contribution is 5.98. The van der Waals surface area contributed by atoms with Crippen LogP contribution in [-0.2, 0) is 23.7 Å². The maximum absolute atomic E-state index is 13.9. The summed E-state index contributed by atoms with van der Waals surface area (Å²) in [7, 11) is 0. The first-order valence-electron chi connectivity index (χ1n) is 7.70. The molecule has 2 aliphatic heterocycles. The van der Waals surface area contributed by atoms with E-state index in [1.54, 1.807) is 0 Å². The lowest BCUT2D eigenvalue weighted by molar-refractivity contribution is -0.271. The number of ether oxygens (including phenoxy) is 4. The van der Waals surface area contributed by atoms with E-state index < -0.39 is 59.4 Å². The maximum atomic E-state index is 13.9. The molecule has 0 saturated carbocycles. The molecule has 0 aliphatic carbocycles. The summed E-state index contributed by atoms with van der Waals surface area (Å²) in [5, 5.41) is 0. The first-order valence-corrected chi connectivity index (χ1v) is 7.70. The molecule has 0 amide bonds. The molecule has 2 heterocycles. The van der Waals surface area contributed by atoms with Crippen LogP contribution in [0, 0.1) is 0 Å². The fourth-order valence-electron chi connectivity index (χ4n) is 2.64. The van der Waals surface area contributed by atoms with Gasteiger partial charge in [-0.25, -0.2) is 4.39 Å². The Morgan fingerprint density at radius 1 is 0.926 bits per heavy atom. The quantitative estimate of drug-likeness (QED) is 0.524. The van der Waals surface area contributed by atoms with Crippen LogP contribution in [0.1, 0.15) is 27.7 Å². The zero-order chi connectivity index (χ0) is 21.0. The Labute approximate surface area is 149 Å². The van der Waals surface area contributed by atoms with Crippen LogP contribution in [0.15, 0.2) is 11.7 Å². The molecule has 0 spiro atoms. The Balaban J connectivity index is 2.33. The van der Waals surface area contributed by atoms with Crippen molar-refractivity contribution in [2.45, 2.75) is 69.7 Å². The molecule has 0 aromatic heterocycles. The Morgan fingerprint density at radius 2 is 1.48 bits per heavy atom. The molecule has 3 atom stereocenters. The number of allylic oxidation sites excluding steroid dienone is 1. The van der Waals surface area contributed by atoms with Gasteiger partial charge in [0.1, 0.15) is 12.2 Å². The van der Waals surface area contributed by atoms with Crippen molar-refractivity contribution in [3.8, 4) is 0 Å². The Morgan fingerprint density at radius 3 is 1.93 bits per heavy atom. The second-order valence-electron chi connectivity index (χ2n) is 6.95. The Kier molecular flexibility index (Phi) is 5.45. The number of ketones is 1. The second kappa shape index (κ2) is 6.68. The number of rotatable bonds is 4. The first-order chi connectivity index (χ1) is 12.0. The van der Waals surface area contributed by atoms with E-state index in [1.165, 1.54) is 27.7 Å². The average Bonchev–Trinajstić information content (AvgIpc) is 3.02. The highest BCUT2D eigenvalue weighted by Gasteiger charge is 2.63. The van der Waals surface area contributed by atoms with Crippen molar-refractivity contribution in [2.24, 2.45) is 0 Å². The van der Waals surface area contributed by atoms with E-state index in [2.05, 4.69) is 0 Å². The lowest BCUT2D eigenvalue weighted by Gasteiger charge is -2.23. The molecule has 0 radical (unpaired) electrons. The van der Waals surface area contributed by atoms with Gasteiger partial charge in [-0.15, -0.1) is 0 Å². The number of alkyl halides is 5. The summed E-state index contributed by atoms with van der Waals surface area (Å²) in [4.78, 5) is 12.1. The molecule has 2 aliphatic rings. The third kappa shape index (κ3) is 4.28. The molecule has 0 N–H and O–H groups in total. The summed E-state index contributed by atoms with van der Waals surface area (Å²) in [6.07, 6.45) is -10.9. The van der Waals surface area contributed by atoms with E-state index >= 15 is 0 Å². The molecule has 2 saturated heterocycles. The van der Waals surface area contributed by atoms with Crippen molar-refractivity contribution in [3.63, 3.8) is 0 Å². The Bertz CT molecular complexity index is 641. The summed E-state index contributed by atoms with van der Waals surface area (Å²) < 4.78 is 111. The summed E-state index contributed by atoms with van der Waals surface area (Å²) in [5.41, 5.74) is 0. The van der Waals surface area contributed by atoms with E-state index in [9.17, 15) is 35.5 Å². The van der Waals surface area contributed by atoms with Crippen molar-refractivity contribution < 1.29 is 54.5 Å². The number of halogens is 7. The number of hydrogen-bond acceptors (Lipinski definition) is 5. The largest absolute Gasteiger partial charge is 0.460 e. The van der Waals surface area contributed by atoms with E-state index in [0.29, 0.717) is 0 Å². The molecular formula is C15H17F7O5. The van der Waals surface area contributed by atoms with Gasteiger partial charge in [0.15, 0.2) is 17.7 Å². The van der Waals surface area contributed by atoms with Crippen molar-refractivity contribution in [3.05, 3.63) is 11.7 Å². The standard InChI is InChI=1S/C15H17F7O5/c1-12(2)24-5-6(25-12)9-10(27-13(3,4)26-9)8(23)7(16)11(17)14(18,19)15(20,21)22/h6,9-10H,5H2,1-4H3/b11-7+/t6-,9+,10+/m1/s1. The summed E-state index contributed by atoms with van der Waals surface area (Å²) in [6.45, 7) is 5.43. The monoisotopic (exact) mass is 410 g/mol. The van der Waals surface area contributed by atoms with Gasteiger partial charge in [-0.3, -0.25) is 4.79 Å². The fourth-order valence-corrected chi connectivity index (χ4v) is 2.64. The van der Waals surface area contributed by atoms with Crippen LogP contribution in [-0.4, -0.2) is 54.4 Å². The average molecular weight is 410 g/mol. The zero-order valence-electron chi connectivity index (χ0n) is 14.6. The predicted molar refractivity (Wildman–Crippen MR) is 74.0 cm³/mol. The van der Waals surface area contributed by atoms with Crippen LogP contribution < -0.4 is 0 Å². The number of carbonyl (C=O) groups excluding carboxylic acids is 1. The van der Waals surface area contributed by atoms with Crippen molar-refractivity contribution in [2.75, 3.05) is 6.61 Å². The van der Waals surface area contributed by atoms with E-state index in [4.69, 9.17) is 18.9 Å². The van der Waals surface area contributed by atoms with E-state index in [-0.39, 0.29) is 6.61 Å². The van der Waals surface area contributed by atoms with Crippen molar-refractivity contribution >= 4 is 5.78 Å². The highest BCUT2D eigenvalue weighted by atomic mass is 19.4. The van der Waals surface area contributed by atoms with Gasteiger partial charge in [0.2, 0.25) is 17.4 Å². The number of Topliss-reactive ketones (excluding diaryl/α,β-unsaturated/α-hetero) is 1. The molecule has 27 heavy (non-hydrogen) atoms. The zero-order valence-corrected chi connectivity index (χ0v) is 14.6. The van der Waals surface area contributed by atoms with Crippen molar-refractivity contribution in [1.82, 2.24) is 0 Å². The van der Waals surface area contributed by atoms with Gasteiger partial charge in [-0.1, -0.05) is 0 Å². The molecule has 0 unspecified atom stereocenters. The molecule has 2 fully saturated rings. The minimum absolute atomic E-state index is 0.159. The molecule has 0 aromatic carbocycles. The van der Waals surface area contributed by atoms with Gasteiger partial charge < -0.3 is 18.9 Å². The van der Waals surface area contributed by atoms with Crippen LogP contribution in [0.25, 0.3) is 0 Å². The maximum Gasteiger partial charge on any atom is 0.460 e. The lowest BCUT2D eigenvalue weighted by atomic mass is 10.0. The SMILES string of the molecule is CC1(C)OC[C@H]([C@@H]2OC(C)(C)O[C@H]2C(=O)/C(F)=C(\F)C(F)(F)C(F)(F)F)O1. The summed E-state index contributed by atoms with van der Waals surface area (Å²) in [5.74, 6) is -17.3. The van der Waals surface area contributed by atoms with E-state index in [1.807, 2.05) is 0 Å². The summed E-state index contributed by atoms with van der Waals surface area (Å²) in [6, 6.07) is 0. The molecule has 156 valence electrons. The van der Waals surface area contributed by atoms with Crippen LogP contribution in [0.5, 0.6) is 0 Å². The Hall–Kier alpha value is -1.24. The van der Waals surface area contributed by atoms with Crippen molar-refractivity contribution in [1.29, 1.82) is 0 Å². The first kappa shape index (κ1) is 22.1. The third-order valence-corrected chi connectivity index (χ3v) is 3.83. The molecule has 0 bridgehead atoms. The lowest BCUT2D eigenvalue weighted by Crippen LogP contribution is -2.43. The molecule has 12 heteroatoms. The van der Waals surface area contributed by atoms with Crippen LogP contribution in [0.4, 0.5) is 30.7 Å². The minimum atomic E-state index is -6.42. The molecule has 2 rings (SSSR count). The van der Waals surface area contributed by atoms with Gasteiger partial charge in [0.25, 0.3) is 0 Å². The third-order valence-electron chi connectivity index (χ3n) is 3.83. The van der Waals surface area contributed by atoms with Gasteiger partial charge in [0, 0.05) is 0 Å². The number of hydrogen-bond donors (Lipinski definition) is 0. The minimum Gasteiger partial charge on any atom is -0.348 e. The fraction of sp³-hybridized carbons (Fsp3) is 0.800. The smallest absolute Gasteiger partial charge is 0.348 e. The topological polar surface area (TPSA) is 54.0 Å². The van der Waals surface area contributed by atoms with Gasteiger partial charge in [-0.2, -0.15) is 26.3 Å². The molecule has 5 nitrogen and oxygen atoms in total. The van der Waals surface area contributed by atoms with Gasteiger partial charge in [-0.05, 0) is 27.7 Å². The second-order valence-corrected chi connectivity index (χ2v) is 6.95.